The molecule has 0 aliphatic carbocycles. The third kappa shape index (κ3) is 3.30. The molecule has 0 amide bonds. The Hall–Kier alpha value is -1.56. The first-order valence-corrected chi connectivity index (χ1v) is 6.37. The zero-order chi connectivity index (χ0) is 14.8. The van der Waals surface area contributed by atoms with Crippen LogP contribution in [-0.2, 0) is 15.7 Å². The van der Waals surface area contributed by atoms with E-state index in [9.17, 15) is 23.1 Å². The van der Waals surface area contributed by atoms with Crippen molar-refractivity contribution in [2.45, 2.75) is 24.9 Å². The standard InChI is InChI=1S/C14H15F3O3/c15-14(16,17)11-5-3-9(4-6-11)12(13(18)19)10-2-1-7-20-8-10/h3-6,10,12H,1-2,7-8H2,(H,18,19). The SMILES string of the molecule is O=C(O)C(c1ccc(C(F)(F)F)cc1)C1CCCOC1. The van der Waals surface area contributed by atoms with Crippen molar-refractivity contribution in [3.63, 3.8) is 0 Å². The van der Waals surface area contributed by atoms with Crippen LogP contribution in [0.25, 0.3) is 0 Å². The molecule has 0 bridgehead atoms. The molecular weight excluding hydrogens is 273 g/mol. The Kier molecular flexibility index (Phi) is 4.32. The second kappa shape index (κ2) is 5.83. The molecule has 0 radical (unpaired) electrons. The largest absolute Gasteiger partial charge is 0.481 e. The van der Waals surface area contributed by atoms with Crippen molar-refractivity contribution < 1.29 is 27.8 Å². The van der Waals surface area contributed by atoms with Crippen LogP contribution in [0.2, 0.25) is 0 Å². The van der Waals surface area contributed by atoms with Crippen LogP contribution < -0.4 is 0 Å². The monoisotopic (exact) mass is 288 g/mol. The van der Waals surface area contributed by atoms with E-state index in [2.05, 4.69) is 0 Å². The molecule has 1 aromatic carbocycles. The topological polar surface area (TPSA) is 46.5 Å². The third-order valence-corrected chi connectivity index (χ3v) is 3.53. The zero-order valence-electron chi connectivity index (χ0n) is 10.7. The molecule has 2 rings (SSSR count). The molecule has 0 spiro atoms. The van der Waals surface area contributed by atoms with E-state index in [1.807, 2.05) is 0 Å². The minimum atomic E-state index is -4.41. The molecule has 1 aliphatic heterocycles. The normalized spacial score (nSPS) is 21.4. The molecule has 1 heterocycles. The van der Waals surface area contributed by atoms with E-state index in [0.29, 0.717) is 25.2 Å². The van der Waals surface area contributed by atoms with Gasteiger partial charge in [-0.3, -0.25) is 4.79 Å². The Morgan fingerprint density at radius 2 is 1.95 bits per heavy atom. The lowest BCUT2D eigenvalue weighted by Crippen LogP contribution is -2.28. The fourth-order valence-corrected chi connectivity index (χ4v) is 2.52. The second-order valence-corrected chi connectivity index (χ2v) is 4.91. The average Bonchev–Trinajstić information content (AvgIpc) is 2.39. The lowest BCUT2D eigenvalue weighted by Gasteiger charge is -2.28. The third-order valence-electron chi connectivity index (χ3n) is 3.53. The molecule has 20 heavy (non-hydrogen) atoms. The van der Waals surface area contributed by atoms with Crippen LogP contribution in [-0.4, -0.2) is 24.3 Å². The molecule has 2 atom stereocenters. The quantitative estimate of drug-likeness (QED) is 0.928. The highest BCUT2D eigenvalue weighted by atomic mass is 19.4. The van der Waals surface area contributed by atoms with Gasteiger partial charge in [-0.25, -0.2) is 0 Å². The first kappa shape index (κ1) is 14.8. The summed E-state index contributed by atoms with van der Waals surface area (Å²) < 4.78 is 42.8. The van der Waals surface area contributed by atoms with Crippen molar-refractivity contribution in [3.05, 3.63) is 35.4 Å². The van der Waals surface area contributed by atoms with Gasteiger partial charge < -0.3 is 9.84 Å². The van der Waals surface area contributed by atoms with E-state index in [4.69, 9.17) is 4.74 Å². The number of carboxylic acids is 1. The maximum absolute atomic E-state index is 12.5. The molecule has 1 N–H and O–H groups in total. The van der Waals surface area contributed by atoms with Gasteiger partial charge in [0, 0.05) is 6.61 Å². The Morgan fingerprint density at radius 3 is 2.40 bits per heavy atom. The summed E-state index contributed by atoms with van der Waals surface area (Å²) in [4.78, 5) is 11.4. The molecule has 1 saturated heterocycles. The first-order chi connectivity index (χ1) is 9.39. The summed E-state index contributed by atoms with van der Waals surface area (Å²) in [7, 11) is 0. The lowest BCUT2D eigenvalue weighted by atomic mass is 9.82. The Balaban J connectivity index is 2.23. The molecule has 1 aromatic rings. The molecule has 0 aromatic heterocycles. The summed E-state index contributed by atoms with van der Waals surface area (Å²) >= 11 is 0. The summed E-state index contributed by atoms with van der Waals surface area (Å²) in [6, 6.07) is 4.34. The highest BCUT2D eigenvalue weighted by Crippen LogP contribution is 2.34. The molecular formula is C14H15F3O3. The average molecular weight is 288 g/mol. The van der Waals surface area contributed by atoms with E-state index in [0.717, 1.165) is 18.6 Å². The van der Waals surface area contributed by atoms with Gasteiger partial charge in [0.1, 0.15) is 0 Å². The van der Waals surface area contributed by atoms with Gasteiger partial charge in [0.15, 0.2) is 0 Å². The molecule has 1 aliphatic rings. The molecule has 1 fully saturated rings. The number of hydrogen-bond acceptors (Lipinski definition) is 2. The van der Waals surface area contributed by atoms with E-state index in [1.54, 1.807) is 0 Å². The number of halogens is 3. The maximum Gasteiger partial charge on any atom is 0.416 e. The van der Waals surface area contributed by atoms with Gasteiger partial charge in [-0.2, -0.15) is 13.2 Å². The number of rotatable bonds is 3. The van der Waals surface area contributed by atoms with Crippen molar-refractivity contribution >= 4 is 5.97 Å². The number of aliphatic carboxylic acids is 1. The molecule has 110 valence electrons. The smallest absolute Gasteiger partial charge is 0.416 e. The van der Waals surface area contributed by atoms with Crippen molar-refractivity contribution in [2.75, 3.05) is 13.2 Å². The van der Waals surface area contributed by atoms with Crippen LogP contribution in [0.4, 0.5) is 13.2 Å². The lowest BCUT2D eigenvalue weighted by molar-refractivity contribution is -0.141. The summed E-state index contributed by atoms with van der Waals surface area (Å²) in [6.07, 6.45) is -2.93. The number of benzene rings is 1. The molecule has 6 heteroatoms. The Bertz CT molecular complexity index is 462. The highest BCUT2D eigenvalue weighted by molar-refractivity contribution is 5.76. The highest BCUT2D eigenvalue weighted by Gasteiger charge is 2.33. The fraction of sp³-hybridized carbons (Fsp3) is 0.500. The summed E-state index contributed by atoms with van der Waals surface area (Å²) in [5, 5.41) is 9.33. The zero-order valence-corrected chi connectivity index (χ0v) is 10.7. The molecule has 3 nitrogen and oxygen atoms in total. The van der Waals surface area contributed by atoms with Crippen LogP contribution in [0.5, 0.6) is 0 Å². The van der Waals surface area contributed by atoms with Crippen LogP contribution in [0.1, 0.15) is 29.9 Å². The number of carbonyl (C=O) groups is 1. The molecule has 0 saturated carbocycles. The van der Waals surface area contributed by atoms with Crippen LogP contribution in [0.3, 0.4) is 0 Å². The summed E-state index contributed by atoms with van der Waals surface area (Å²) in [6.45, 7) is 0.938. The van der Waals surface area contributed by atoms with Crippen molar-refractivity contribution in [1.29, 1.82) is 0 Å². The van der Waals surface area contributed by atoms with Crippen molar-refractivity contribution in [3.8, 4) is 0 Å². The summed E-state index contributed by atoms with van der Waals surface area (Å²) in [5.41, 5.74) is -0.383. The minimum absolute atomic E-state index is 0.196. The summed E-state index contributed by atoms with van der Waals surface area (Å²) in [5.74, 6) is -2.05. The van der Waals surface area contributed by atoms with E-state index >= 15 is 0 Å². The predicted octanol–water partition coefficient (Wildman–Crippen LogP) is 3.30. The van der Waals surface area contributed by atoms with Crippen molar-refractivity contribution in [1.82, 2.24) is 0 Å². The van der Waals surface area contributed by atoms with E-state index in [1.165, 1.54) is 12.1 Å². The molecule has 2 unspecified atom stereocenters. The maximum atomic E-state index is 12.5. The Morgan fingerprint density at radius 1 is 1.30 bits per heavy atom. The van der Waals surface area contributed by atoms with Gasteiger partial charge in [0.2, 0.25) is 0 Å². The van der Waals surface area contributed by atoms with Gasteiger partial charge in [-0.05, 0) is 36.5 Å². The van der Waals surface area contributed by atoms with Gasteiger partial charge >= 0.3 is 12.1 Å². The van der Waals surface area contributed by atoms with Crippen molar-refractivity contribution in [2.24, 2.45) is 5.92 Å². The van der Waals surface area contributed by atoms with E-state index in [-0.39, 0.29) is 5.92 Å². The number of ether oxygens (including phenoxy) is 1. The number of alkyl halides is 3. The van der Waals surface area contributed by atoms with Crippen LogP contribution >= 0.6 is 0 Å². The van der Waals surface area contributed by atoms with Gasteiger partial charge in [0.25, 0.3) is 0 Å². The van der Waals surface area contributed by atoms with Gasteiger partial charge in [-0.1, -0.05) is 12.1 Å². The van der Waals surface area contributed by atoms with Crippen LogP contribution in [0, 0.1) is 5.92 Å². The van der Waals surface area contributed by atoms with E-state index < -0.39 is 23.6 Å². The van der Waals surface area contributed by atoms with Gasteiger partial charge in [-0.15, -0.1) is 0 Å². The first-order valence-electron chi connectivity index (χ1n) is 6.37. The number of carboxylic acid groups (broad SMARTS) is 1. The van der Waals surface area contributed by atoms with Gasteiger partial charge in [0.05, 0.1) is 18.1 Å². The minimum Gasteiger partial charge on any atom is -0.481 e. The Labute approximate surface area is 114 Å². The van der Waals surface area contributed by atoms with Crippen LogP contribution in [0.15, 0.2) is 24.3 Å². The fourth-order valence-electron chi connectivity index (χ4n) is 2.52. The number of hydrogen-bond donors (Lipinski definition) is 1. The second-order valence-electron chi connectivity index (χ2n) is 4.91. The predicted molar refractivity (Wildman–Crippen MR) is 65.4 cm³/mol.